The fraction of sp³-hybridized carbons (Fsp3) is 0.286. The molecule has 0 bridgehead atoms. The van der Waals surface area contributed by atoms with Gasteiger partial charge in [-0.3, -0.25) is 9.48 Å². The lowest BCUT2D eigenvalue weighted by molar-refractivity contribution is -0.118. The van der Waals surface area contributed by atoms with Gasteiger partial charge in [0.2, 0.25) is 5.91 Å². The number of rotatable bonds is 6. The second-order valence-corrected chi connectivity index (χ2v) is 4.53. The molecule has 2 rings (SSSR count). The zero-order valence-electron chi connectivity index (χ0n) is 11.5. The van der Waals surface area contributed by atoms with Crippen LogP contribution in [0.4, 0.5) is 5.69 Å². The third-order valence-corrected chi connectivity index (χ3v) is 2.95. The van der Waals surface area contributed by atoms with Gasteiger partial charge in [-0.25, -0.2) is 0 Å². The molecule has 1 unspecified atom stereocenters. The Morgan fingerprint density at radius 3 is 2.75 bits per heavy atom. The lowest BCUT2D eigenvalue weighted by atomic mass is 10.1. The minimum absolute atomic E-state index is 0.0819. The molecule has 20 heavy (non-hydrogen) atoms. The van der Waals surface area contributed by atoms with E-state index >= 15 is 0 Å². The van der Waals surface area contributed by atoms with E-state index in [1.54, 1.807) is 19.5 Å². The molecular weight excluding hydrogens is 256 g/mol. The van der Waals surface area contributed by atoms with E-state index in [1.807, 2.05) is 31.2 Å². The average Bonchev–Trinajstić information content (AvgIpc) is 2.85. The number of methoxy groups -OCH3 is 1. The van der Waals surface area contributed by atoms with E-state index in [9.17, 15) is 4.79 Å². The van der Waals surface area contributed by atoms with E-state index in [4.69, 9.17) is 10.5 Å². The first-order chi connectivity index (χ1) is 9.58. The van der Waals surface area contributed by atoms with Gasteiger partial charge in [-0.1, -0.05) is 12.1 Å². The van der Waals surface area contributed by atoms with Gasteiger partial charge in [0.1, 0.15) is 12.3 Å². The second kappa shape index (κ2) is 6.10. The van der Waals surface area contributed by atoms with Crippen LogP contribution in [0.2, 0.25) is 0 Å². The molecule has 3 N–H and O–H groups in total. The molecule has 0 saturated heterocycles. The smallest absolute Gasteiger partial charge is 0.239 e. The molecule has 1 aromatic carbocycles. The molecule has 1 atom stereocenters. The first-order valence-electron chi connectivity index (χ1n) is 6.29. The van der Waals surface area contributed by atoms with E-state index in [0.717, 1.165) is 17.0 Å². The molecule has 0 fully saturated rings. The predicted octanol–water partition coefficient (Wildman–Crippen LogP) is 1.55. The number of aromatic nitrogens is 2. The molecule has 6 heteroatoms. The highest BCUT2D eigenvalue weighted by atomic mass is 16.5. The zero-order valence-corrected chi connectivity index (χ0v) is 11.5. The van der Waals surface area contributed by atoms with Crippen molar-refractivity contribution in [2.45, 2.75) is 19.5 Å². The fourth-order valence-corrected chi connectivity index (χ4v) is 1.91. The molecule has 0 aliphatic heterocycles. The summed E-state index contributed by atoms with van der Waals surface area (Å²) >= 11 is 0. The summed E-state index contributed by atoms with van der Waals surface area (Å²) < 4.78 is 6.64. The van der Waals surface area contributed by atoms with E-state index in [0.29, 0.717) is 0 Å². The standard InChI is InChI=1S/C14H18N4O2/c1-10(11-3-5-13(20-2)6-4-11)17-12-7-16-18(8-12)9-14(15)19/h3-8,10,17H,9H2,1-2H3,(H2,15,19). The molecule has 0 radical (unpaired) electrons. The van der Waals surface area contributed by atoms with E-state index < -0.39 is 5.91 Å². The molecule has 2 aromatic rings. The summed E-state index contributed by atoms with van der Waals surface area (Å²) in [6.45, 7) is 2.13. The van der Waals surface area contributed by atoms with Gasteiger partial charge < -0.3 is 15.8 Å². The summed E-state index contributed by atoms with van der Waals surface area (Å²) in [5, 5.41) is 7.38. The average molecular weight is 274 g/mol. The molecule has 0 aliphatic rings. The van der Waals surface area contributed by atoms with Crippen LogP contribution >= 0.6 is 0 Å². The number of nitrogens with one attached hydrogen (secondary N) is 1. The Morgan fingerprint density at radius 1 is 1.45 bits per heavy atom. The van der Waals surface area contributed by atoms with Crippen LogP contribution in [0, 0.1) is 0 Å². The van der Waals surface area contributed by atoms with Crippen molar-refractivity contribution in [1.82, 2.24) is 9.78 Å². The van der Waals surface area contributed by atoms with Crippen LogP contribution in [0.3, 0.4) is 0 Å². The highest BCUT2D eigenvalue weighted by Gasteiger charge is 2.07. The number of primary amides is 1. The minimum Gasteiger partial charge on any atom is -0.497 e. The van der Waals surface area contributed by atoms with Gasteiger partial charge >= 0.3 is 0 Å². The normalized spacial score (nSPS) is 11.9. The molecule has 1 amide bonds. The van der Waals surface area contributed by atoms with Gasteiger partial charge in [0.15, 0.2) is 0 Å². The number of benzene rings is 1. The van der Waals surface area contributed by atoms with E-state index in [-0.39, 0.29) is 12.6 Å². The van der Waals surface area contributed by atoms with E-state index in [2.05, 4.69) is 10.4 Å². The Hall–Kier alpha value is -2.50. The van der Waals surface area contributed by atoms with Crippen LogP contribution in [0.25, 0.3) is 0 Å². The van der Waals surface area contributed by atoms with Gasteiger partial charge in [0.05, 0.1) is 19.0 Å². The molecular formula is C14H18N4O2. The Kier molecular flexibility index (Phi) is 4.24. The van der Waals surface area contributed by atoms with E-state index in [1.165, 1.54) is 4.68 Å². The number of carbonyl (C=O) groups excluding carboxylic acids is 1. The van der Waals surface area contributed by atoms with Crippen molar-refractivity contribution in [2.24, 2.45) is 5.73 Å². The quantitative estimate of drug-likeness (QED) is 0.837. The number of anilines is 1. The zero-order chi connectivity index (χ0) is 14.5. The van der Waals surface area contributed by atoms with Crippen molar-refractivity contribution in [3.05, 3.63) is 42.2 Å². The summed E-state index contributed by atoms with van der Waals surface area (Å²) in [6, 6.07) is 7.97. The number of hydrogen-bond acceptors (Lipinski definition) is 4. The van der Waals surface area contributed by atoms with Crippen LogP contribution < -0.4 is 15.8 Å². The van der Waals surface area contributed by atoms with Crippen LogP contribution in [-0.4, -0.2) is 22.8 Å². The summed E-state index contributed by atoms with van der Waals surface area (Å²) in [4.78, 5) is 10.8. The lowest BCUT2D eigenvalue weighted by Gasteiger charge is -2.14. The van der Waals surface area contributed by atoms with Crippen molar-refractivity contribution in [3.8, 4) is 5.75 Å². The Balaban J connectivity index is 2.01. The molecule has 106 valence electrons. The molecule has 0 saturated carbocycles. The Labute approximate surface area is 117 Å². The number of amides is 1. The topological polar surface area (TPSA) is 82.2 Å². The van der Waals surface area contributed by atoms with Crippen molar-refractivity contribution >= 4 is 11.6 Å². The monoisotopic (exact) mass is 274 g/mol. The molecule has 0 spiro atoms. The largest absolute Gasteiger partial charge is 0.497 e. The molecule has 0 aliphatic carbocycles. The number of ether oxygens (including phenoxy) is 1. The number of nitrogens with two attached hydrogens (primary N) is 1. The highest BCUT2D eigenvalue weighted by molar-refractivity contribution is 5.73. The Bertz CT molecular complexity index is 577. The van der Waals surface area contributed by atoms with Gasteiger partial charge in [-0.15, -0.1) is 0 Å². The number of hydrogen-bond donors (Lipinski definition) is 2. The molecule has 1 heterocycles. The summed E-state index contributed by atoms with van der Waals surface area (Å²) in [5.41, 5.74) is 7.10. The van der Waals surface area contributed by atoms with Crippen LogP contribution in [0.5, 0.6) is 5.75 Å². The predicted molar refractivity (Wildman–Crippen MR) is 76.5 cm³/mol. The number of nitrogens with zero attached hydrogens (tertiary/aromatic N) is 2. The maximum Gasteiger partial charge on any atom is 0.239 e. The van der Waals surface area contributed by atoms with Gasteiger partial charge in [-0.05, 0) is 24.6 Å². The maximum absolute atomic E-state index is 10.8. The van der Waals surface area contributed by atoms with Crippen molar-refractivity contribution in [3.63, 3.8) is 0 Å². The summed E-state index contributed by atoms with van der Waals surface area (Å²) in [6.07, 6.45) is 3.42. The first kappa shape index (κ1) is 13.9. The minimum atomic E-state index is -0.414. The lowest BCUT2D eigenvalue weighted by Crippen LogP contribution is -2.18. The maximum atomic E-state index is 10.8. The van der Waals surface area contributed by atoms with Crippen LogP contribution in [-0.2, 0) is 11.3 Å². The molecule has 1 aromatic heterocycles. The third kappa shape index (κ3) is 3.50. The summed E-state index contributed by atoms with van der Waals surface area (Å²) in [5.74, 6) is 0.415. The van der Waals surface area contributed by atoms with Gasteiger partial charge in [-0.2, -0.15) is 5.10 Å². The third-order valence-electron chi connectivity index (χ3n) is 2.95. The van der Waals surface area contributed by atoms with Crippen LogP contribution in [0.1, 0.15) is 18.5 Å². The Morgan fingerprint density at radius 2 is 2.15 bits per heavy atom. The van der Waals surface area contributed by atoms with Crippen LogP contribution in [0.15, 0.2) is 36.7 Å². The second-order valence-electron chi connectivity index (χ2n) is 4.53. The van der Waals surface area contributed by atoms with Crippen molar-refractivity contribution < 1.29 is 9.53 Å². The first-order valence-corrected chi connectivity index (χ1v) is 6.29. The van der Waals surface area contributed by atoms with Gasteiger partial charge in [0, 0.05) is 12.2 Å². The summed E-state index contributed by atoms with van der Waals surface area (Å²) in [7, 11) is 1.64. The molecule has 6 nitrogen and oxygen atoms in total. The number of carbonyl (C=O) groups is 1. The highest BCUT2D eigenvalue weighted by Crippen LogP contribution is 2.21. The SMILES string of the molecule is COc1ccc(C(C)Nc2cnn(CC(N)=O)c2)cc1. The van der Waals surface area contributed by atoms with Crippen molar-refractivity contribution in [2.75, 3.05) is 12.4 Å². The van der Waals surface area contributed by atoms with Crippen molar-refractivity contribution in [1.29, 1.82) is 0 Å². The fourth-order valence-electron chi connectivity index (χ4n) is 1.91. The van der Waals surface area contributed by atoms with Gasteiger partial charge in [0.25, 0.3) is 0 Å².